The van der Waals surface area contributed by atoms with Gasteiger partial charge < -0.3 is 19.1 Å². The molecule has 1 aliphatic carbocycles. The first-order valence-electron chi connectivity index (χ1n) is 11.5. The molecule has 8 heteroatoms. The predicted molar refractivity (Wildman–Crippen MR) is 106 cm³/mol. The minimum atomic E-state index is -2.33. The van der Waals surface area contributed by atoms with Crippen molar-refractivity contribution in [2.24, 2.45) is 5.92 Å². The predicted octanol–water partition coefficient (Wildman–Crippen LogP) is 3.22. The number of benzene rings is 1. The first-order valence-corrected chi connectivity index (χ1v) is 9.92. The number of fused-ring (bicyclic) bond motifs is 1. The third-order valence-electron chi connectivity index (χ3n) is 5.74. The minimum absolute atomic E-state index is 0.0785. The van der Waals surface area contributed by atoms with Crippen LogP contribution in [0.3, 0.4) is 0 Å². The molecule has 1 aromatic heterocycles. The summed E-state index contributed by atoms with van der Waals surface area (Å²) in [4.78, 5) is 28.6. The van der Waals surface area contributed by atoms with E-state index in [2.05, 4.69) is 12.1 Å². The fourth-order valence-electron chi connectivity index (χ4n) is 3.88. The third kappa shape index (κ3) is 3.32. The molecule has 1 saturated carbocycles. The summed E-state index contributed by atoms with van der Waals surface area (Å²) < 4.78 is 41.0. The minimum Gasteiger partial charge on any atom is -0.378 e. The van der Waals surface area contributed by atoms with Crippen LogP contribution in [0.4, 0.5) is 0 Å². The van der Waals surface area contributed by atoms with Crippen molar-refractivity contribution in [3.05, 3.63) is 40.0 Å². The SMILES string of the molecule is [2H]C1([2H])CN(C(=O)c2cc(-c3cc(Cl)c4c(c3)CN(C(C)C3CC3)C4=O)on2)CC([2H])([2H])O1. The lowest BCUT2D eigenvalue weighted by molar-refractivity contribution is 0.0296. The zero-order valence-corrected chi connectivity index (χ0v) is 16.5. The van der Waals surface area contributed by atoms with Crippen LogP contribution in [-0.2, 0) is 11.3 Å². The lowest BCUT2D eigenvalue weighted by Crippen LogP contribution is -2.40. The zero-order valence-electron chi connectivity index (χ0n) is 19.8. The van der Waals surface area contributed by atoms with Crippen molar-refractivity contribution in [3.63, 3.8) is 0 Å². The van der Waals surface area contributed by atoms with Crippen LogP contribution in [0.2, 0.25) is 5.02 Å². The molecular formula is C21H22ClN3O4. The topological polar surface area (TPSA) is 75.9 Å². The quantitative estimate of drug-likeness (QED) is 0.760. The number of hydrogen-bond donors (Lipinski definition) is 0. The van der Waals surface area contributed by atoms with Gasteiger partial charge in [0.05, 0.1) is 29.2 Å². The van der Waals surface area contributed by atoms with Gasteiger partial charge in [0.25, 0.3) is 11.8 Å². The van der Waals surface area contributed by atoms with Crippen LogP contribution in [0.25, 0.3) is 11.3 Å². The molecule has 2 aromatic rings. The second-order valence-electron chi connectivity index (χ2n) is 7.63. The van der Waals surface area contributed by atoms with E-state index in [0.717, 1.165) is 23.3 Å². The highest BCUT2D eigenvalue weighted by Gasteiger charge is 2.39. The Morgan fingerprint density at radius 2 is 2.07 bits per heavy atom. The van der Waals surface area contributed by atoms with E-state index in [1.165, 1.54) is 6.07 Å². The number of morpholine rings is 1. The Kier molecular flexibility index (Phi) is 3.59. The van der Waals surface area contributed by atoms with Crippen LogP contribution in [0.5, 0.6) is 0 Å². The highest BCUT2D eigenvalue weighted by molar-refractivity contribution is 6.34. The number of nitrogens with zero attached hydrogens (tertiary/aromatic N) is 3. The highest BCUT2D eigenvalue weighted by Crippen LogP contribution is 2.40. The van der Waals surface area contributed by atoms with Crippen LogP contribution < -0.4 is 0 Å². The molecule has 0 bridgehead atoms. The summed E-state index contributed by atoms with van der Waals surface area (Å²) in [5, 5.41) is 4.11. The van der Waals surface area contributed by atoms with Crippen molar-refractivity contribution in [1.29, 1.82) is 0 Å². The van der Waals surface area contributed by atoms with E-state index < -0.39 is 32.1 Å². The average molecular weight is 420 g/mol. The van der Waals surface area contributed by atoms with Gasteiger partial charge in [-0.15, -0.1) is 0 Å². The van der Waals surface area contributed by atoms with Crippen LogP contribution >= 0.6 is 11.6 Å². The largest absolute Gasteiger partial charge is 0.378 e. The summed E-state index contributed by atoms with van der Waals surface area (Å²) in [5.41, 5.74) is 1.75. The third-order valence-corrected chi connectivity index (χ3v) is 6.04. The van der Waals surface area contributed by atoms with Gasteiger partial charge in [0.2, 0.25) is 0 Å². The maximum absolute atomic E-state index is 12.9. The molecule has 2 aliphatic heterocycles. The summed E-state index contributed by atoms with van der Waals surface area (Å²) in [7, 11) is 0. The first-order chi connectivity index (χ1) is 15.4. The molecule has 5 rings (SSSR count). The fraction of sp³-hybridized carbons (Fsp3) is 0.476. The molecule has 1 saturated heterocycles. The molecule has 0 radical (unpaired) electrons. The number of hydrogen-bond acceptors (Lipinski definition) is 5. The van der Waals surface area contributed by atoms with Gasteiger partial charge in [0, 0.05) is 37.3 Å². The molecule has 1 atom stereocenters. The Hall–Kier alpha value is -2.38. The number of amides is 2. The molecule has 3 aliphatic rings. The van der Waals surface area contributed by atoms with Gasteiger partial charge in [-0.2, -0.15) is 0 Å². The number of aromatic nitrogens is 1. The van der Waals surface area contributed by atoms with Crippen molar-refractivity contribution < 1.29 is 24.3 Å². The number of carbonyl (C=O) groups excluding carboxylic acids is 2. The van der Waals surface area contributed by atoms with E-state index in [-0.39, 0.29) is 23.4 Å². The van der Waals surface area contributed by atoms with Gasteiger partial charge in [-0.3, -0.25) is 9.59 Å². The van der Waals surface area contributed by atoms with E-state index in [4.69, 9.17) is 26.3 Å². The number of carbonyl (C=O) groups is 2. The maximum atomic E-state index is 12.9. The maximum Gasteiger partial charge on any atom is 0.276 e. The molecule has 2 fully saturated rings. The van der Waals surface area contributed by atoms with E-state index in [1.54, 1.807) is 12.1 Å². The molecule has 152 valence electrons. The normalized spacial score (nSPS) is 25.7. The van der Waals surface area contributed by atoms with Crippen molar-refractivity contribution in [1.82, 2.24) is 15.0 Å². The molecule has 0 spiro atoms. The van der Waals surface area contributed by atoms with Crippen molar-refractivity contribution in [3.8, 4) is 11.3 Å². The molecule has 29 heavy (non-hydrogen) atoms. The Morgan fingerprint density at radius 3 is 2.79 bits per heavy atom. The summed E-state index contributed by atoms with van der Waals surface area (Å²) in [6, 6.07) is 4.96. The van der Waals surface area contributed by atoms with Crippen LogP contribution in [0.15, 0.2) is 22.7 Å². The number of halogens is 1. The van der Waals surface area contributed by atoms with Crippen molar-refractivity contribution in [2.45, 2.75) is 32.4 Å². The number of ether oxygens (including phenoxy) is 1. The number of rotatable bonds is 4. The van der Waals surface area contributed by atoms with Gasteiger partial charge in [0.1, 0.15) is 0 Å². The van der Waals surface area contributed by atoms with E-state index in [0.29, 0.717) is 28.6 Å². The van der Waals surface area contributed by atoms with E-state index in [9.17, 15) is 9.59 Å². The van der Waals surface area contributed by atoms with Crippen LogP contribution in [0.1, 0.15) is 51.7 Å². The molecule has 1 unspecified atom stereocenters. The standard InChI is InChI=1S/C21H22ClN3O4/c1-12(13-2-3-13)25-11-15-8-14(9-16(22)19(15)21(25)27)18-10-17(23-29-18)20(26)24-4-6-28-7-5-24/h8-10,12-13H,2-7,11H2,1H3/i6D2,7D2. The van der Waals surface area contributed by atoms with Crippen LogP contribution in [0, 0.1) is 5.92 Å². The molecule has 7 nitrogen and oxygen atoms in total. The molecule has 2 amide bonds. The Balaban J connectivity index is 1.39. The molecule has 0 N–H and O–H groups in total. The van der Waals surface area contributed by atoms with Crippen molar-refractivity contribution >= 4 is 23.4 Å². The smallest absolute Gasteiger partial charge is 0.276 e. The zero-order chi connectivity index (χ0) is 23.7. The van der Waals surface area contributed by atoms with Gasteiger partial charge in [-0.05, 0) is 43.4 Å². The monoisotopic (exact) mass is 419 g/mol. The summed E-state index contributed by atoms with van der Waals surface area (Å²) in [6.45, 7) is -3.01. The molecule has 1 aromatic carbocycles. The summed E-state index contributed by atoms with van der Waals surface area (Å²) in [6.07, 6.45) is 2.25. The fourth-order valence-corrected chi connectivity index (χ4v) is 4.20. The van der Waals surface area contributed by atoms with Crippen molar-refractivity contribution in [2.75, 3.05) is 26.2 Å². The van der Waals surface area contributed by atoms with Gasteiger partial charge >= 0.3 is 0 Å². The Morgan fingerprint density at radius 1 is 1.31 bits per heavy atom. The Bertz CT molecular complexity index is 1130. The first kappa shape index (κ1) is 14.6. The second-order valence-corrected chi connectivity index (χ2v) is 8.04. The van der Waals surface area contributed by atoms with E-state index >= 15 is 0 Å². The van der Waals surface area contributed by atoms with E-state index in [1.807, 2.05) is 4.90 Å². The lowest BCUT2D eigenvalue weighted by atomic mass is 10.0. The van der Waals surface area contributed by atoms with Gasteiger partial charge in [0.15, 0.2) is 11.5 Å². The second kappa shape index (κ2) is 7.15. The summed E-state index contributed by atoms with van der Waals surface area (Å²) in [5.74, 6) is 0.0449. The Labute approximate surface area is 179 Å². The van der Waals surface area contributed by atoms with Crippen LogP contribution in [-0.4, -0.2) is 59.0 Å². The molecular weight excluding hydrogens is 394 g/mol. The molecule has 3 heterocycles. The highest BCUT2D eigenvalue weighted by atomic mass is 35.5. The average Bonchev–Trinajstić information content (AvgIpc) is 3.34. The summed E-state index contributed by atoms with van der Waals surface area (Å²) >= 11 is 6.46. The lowest BCUT2D eigenvalue weighted by Gasteiger charge is -2.25. The van der Waals surface area contributed by atoms with Gasteiger partial charge in [-0.25, -0.2) is 0 Å². The van der Waals surface area contributed by atoms with Gasteiger partial charge in [-0.1, -0.05) is 16.8 Å².